The Morgan fingerprint density at radius 3 is 2.96 bits per heavy atom. The van der Waals surface area contributed by atoms with Crippen molar-refractivity contribution in [3.05, 3.63) is 58.9 Å². The highest BCUT2D eigenvalue weighted by Gasteiger charge is 2.07. The van der Waals surface area contributed by atoms with Crippen LogP contribution in [0.3, 0.4) is 0 Å². The number of hydrogen-bond acceptors (Lipinski definition) is 3. The normalized spacial score (nSPS) is 11.3. The molecular weight excluding hydrogens is 312 g/mol. The minimum atomic E-state index is -0.229. The highest BCUT2D eigenvalue weighted by atomic mass is 35.5. The molecule has 1 amide bonds. The predicted molar refractivity (Wildman–Crippen MR) is 92.4 cm³/mol. The third-order valence-corrected chi connectivity index (χ3v) is 3.64. The summed E-state index contributed by atoms with van der Waals surface area (Å²) in [4.78, 5) is 16.3. The summed E-state index contributed by atoms with van der Waals surface area (Å²) in [5.74, 6) is -0.229. The van der Waals surface area contributed by atoms with Crippen LogP contribution in [-0.4, -0.2) is 20.7 Å². The second-order valence-corrected chi connectivity index (χ2v) is 5.62. The van der Waals surface area contributed by atoms with E-state index in [4.69, 9.17) is 11.6 Å². The molecule has 5 nitrogen and oxygen atoms in total. The topological polar surface area (TPSA) is 59.8 Å². The molecule has 0 saturated carbocycles. The van der Waals surface area contributed by atoms with Gasteiger partial charge in [0.05, 0.1) is 17.6 Å². The van der Waals surface area contributed by atoms with Crippen LogP contribution < -0.4 is 5.32 Å². The molecule has 0 aliphatic heterocycles. The fourth-order valence-corrected chi connectivity index (χ4v) is 2.54. The van der Waals surface area contributed by atoms with Gasteiger partial charge in [-0.3, -0.25) is 9.48 Å². The summed E-state index contributed by atoms with van der Waals surface area (Å²) in [6, 6.07) is 9.16. The number of rotatable bonds is 3. The molecule has 0 aliphatic rings. The molecule has 0 bridgehead atoms. The number of amides is 1. The van der Waals surface area contributed by atoms with Gasteiger partial charge in [0.25, 0.3) is 0 Å². The van der Waals surface area contributed by atoms with Crippen molar-refractivity contribution >= 4 is 40.3 Å². The van der Waals surface area contributed by atoms with Crippen LogP contribution in [0.15, 0.2) is 42.6 Å². The lowest BCUT2D eigenvalue weighted by molar-refractivity contribution is -0.111. The number of nitrogens with zero attached hydrogens (tertiary/aromatic N) is 3. The van der Waals surface area contributed by atoms with Gasteiger partial charge < -0.3 is 5.32 Å². The van der Waals surface area contributed by atoms with E-state index in [1.165, 1.54) is 6.08 Å². The lowest BCUT2D eigenvalue weighted by Crippen LogP contribution is -2.08. The van der Waals surface area contributed by atoms with Crippen LogP contribution in [0.25, 0.3) is 17.1 Å². The van der Waals surface area contributed by atoms with E-state index in [0.717, 1.165) is 22.3 Å². The molecule has 0 unspecified atom stereocenters. The van der Waals surface area contributed by atoms with Gasteiger partial charge in [-0.15, -0.1) is 0 Å². The average molecular weight is 327 g/mol. The zero-order valence-corrected chi connectivity index (χ0v) is 13.5. The first-order valence-electron chi connectivity index (χ1n) is 7.07. The van der Waals surface area contributed by atoms with Crippen LogP contribution >= 0.6 is 11.6 Å². The van der Waals surface area contributed by atoms with Crippen LogP contribution in [0.2, 0.25) is 5.02 Å². The van der Waals surface area contributed by atoms with Crippen molar-refractivity contribution in [2.75, 3.05) is 5.32 Å². The number of nitrogens with one attached hydrogen (secondary N) is 1. The summed E-state index contributed by atoms with van der Waals surface area (Å²) in [7, 11) is 1.84. The average Bonchev–Trinajstić information content (AvgIpc) is 2.80. The van der Waals surface area contributed by atoms with E-state index in [1.807, 2.05) is 32.2 Å². The largest absolute Gasteiger partial charge is 0.321 e. The number of hydrogen-bond donors (Lipinski definition) is 1. The van der Waals surface area contributed by atoms with Crippen LogP contribution in [0, 0.1) is 6.92 Å². The van der Waals surface area contributed by atoms with Crippen LogP contribution in [-0.2, 0) is 11.8 Å². The van der Waals surface area contributed by atoms with Gasteiger partial charge in [0.1, 0.15) is 0 Å². The number of anilines is 1. The van der Waals surface area contributed by atoms with Crippen molar-refractivity contribution in [2.24, 2.45) is 7.05 Å². The molecule has 0 spiro atoms. The second-order valence-electron chi connectivity index (χ2n) is 5.18. The van der Waals surface area contributed by atoms with Crippen molar-refractivity contribution < 1.29 is 4.79 Å². The fraction of sp³-hybridized carbons (Fsp3) is 0.118. The minimum Gasteiger partial charge on any atom is -0.321 e. The number of benzene rings is 1. The van der Waals surface area contributed by atoms with Crippen molar-refractivity contribution in [1.29, 1.82) is 0 Å². The molecule has 1 aromatic carbocycles. The van der Waals surface area contributed by atoms with Crippen LogP contribution in [0.1, 0.15) is 11.3 Å². The molecule has 0 radical (unpaired) electrons. The van der Waals surface area contributed by atoms with Gasteiger partial charge in [0.2, 0.25) is 5.91 Å². The first-order chi connectivity index (χ1) is 11.0. The molecule has 23 heavy (non-hydrogen) atoms. The third-order valence-electron chi connectivity index (χ3n) is 3.41. The zero-order chi connectivity index (χ0) is 16.4. The SMILES string of the molecule is Cc1nn(C)c2ncc(NC(=O)/C=C/c3cccc(Cl)c3)cc12. The monoisotopic (exact) mass is 326 g/mol. The molecule has 6 heteroatoms. The number of halogens is 1. The maximum Gasteiger partial charge on any atom is 0.248 e. The maximum atomic E-state index is 12.0. The standard InChI is InChI=1S/C17H15ClN4O/c1-11-15-9-14(10-19-17(15)22(2)21-11)20-16(23)7-6-12-4-3-5-13(18)8-12/h3-10H,1-2H3,(H,20,23)/b7-6+. The Hall–Kier alpha value is -2.66. The number of pyridine rings is 1. The Morgan fingerprint density at radius 2 is 2.17 bits per heavy atom. The number of aryl methyl sites for hydroxylation is 2. The number of fused-ring (bicyclic) bond motifs is 1. The minimum absolute atomic E-state index is 0.229. The van der Waals surface area contributed by atoms with E-state index in [9.17, 15) is 4.79 Å². The zero-order valence-electron chi connectivity index (χ0n) is 12.7. The van der Waals surface area contributed by atoms with Gasteiger partial charge in [0, 0.05) is 23.5 Å². The predicted octanol–water partition coefficient (Wildman–Crippen LogP) is 3.58. The molecule has 3 rings (SSSR count). The van der Waals surface area contributed by atoms with E-state index in [-0.39, 0.29) is 5.91 Å². The summed E-state index contributed by atoms with van der Waals surface area (Å²) < 4.78 is 1.72. The Kier molecular flexibility index (Phi) is 4.12. The van der Waals surface area contributed by atoms with Crippen LogP contribution in [0.5, 0.6) is 0 Å². The van der Waals surface area contributed by atoms with Gasteiger partial charge in [-0.2, -0.15) is 5.10 Å². The molecule has 0 saturated heterocycles. The van der Waals surface area contributed by atoms with E-state index in [0.29, 0.717) is 10.7 Å². The van der Waals surface area contributed by atoms with E-state index < -0.39 is 0 Å². The molecule has 0 fully saturated rings. The third kappa shape index (κ3) is 3.40. The fourth-order valence-electron chi connectivity index (χ4n) is 2.34. The Balaban J connectivity index is 1.76. The molecule has 1 N–H and O–H groups in total. The number of carbonyl (C=O) groups excluding carboxylic acids is 1. The Labute approximate surface area is 138 Å². The molecular formula is C17H15ClN4O. The van der Waals surface area contributed by atoms with Gasteiger partial charge >= 0.3 is 0 Å². The van der Waals surface area contributed by atoms with Gasteiger partial charge in [0.15, 0.2) is 5.65 Å². The quantitative estimate of drug-likeness (QED) is 0.748. The molecule has 3 aromatic rings. The molecule has 2 aromatic heterocycles. The lowest BCUT2D eigenvalue weighted by Gasteiger charge is -2.02. The van der Waals surface area contributed by atoms with E-state index in [1.54, 1.807) is 29.1 Å². The smallest absolute Gasteiger partial charge is 0.248 e. The second kappa shape index (κ2) is 6.22. The van der Waals surface area contributed by atoms with E-state index in [2.05, 4.69) is 15.4 Å². The van der Waals surface area contributed by atoms with Crippen molar-refractivity contribution in [2.45, 2.75) is 6.92 Å². The van der Waals surface area contributed by atoms with Crippen molar-refractivity contribution in [3.63, 3.8) is 0 Å². The summed E-state index contributed by atoms with van der Waals surface area (Å²) in [5.41, 5.74) is 3.16. The van der Waals surface area contributed by atoms with Gasteiger partial charge in [-0.05, 0) is 36.8 Å². The van der Waals surface area contributed by atoms with E-state index >= 15 is 0 Å². The first kappa shape index (κ1) is 15.2. The molecule has 0 aliphatic carbocycles. The van der Waals surface area contributed by atoms with Crippen molar-refractivity contribution in [3.8, 4) is 0 Å². The summed E-state index contributed by atoms with van der Waals surface area (Å²) >= 11 is 5.91. The van der Waals surface area contributed by atoms with Gasteiger partial charge in [-0.1, -0.05) is 23.7 Å². The Bertz CT molecular complexity index is 914. The summed E-state index contributed by atoms with van der Waals surface area (Å²) in [6.45, 7) is 1.91. The molecule has 0 atom stereocenters. The maximum absolute atomic E-state index is 12.0. The summed E-state index contributed by atoms with van der Waals surface area (Å²) in [6.07, 6.45) is 4.79. The highest BCUT2D eigenvalue weighted by Crippen LogP contribution is 2.19. The summed E-state index contributed by atoms with van der Waals surface area (Å²) in [5, 5.41) is 8.66. The molecule has 2 heterocycles. The molecule has 116 valence electrons. The number of carbonyl (C=O) groups is 1. The first-order valence-corrected chi connectivity index (χ1v) is 7.45. The van der Waals surface area contributed by atoms with Crippen molar-refractivity contribution in [1.82, 2.24) is 14.8 Å². The van der Waals surface area contributed by atoms with Crippen LogP contribution in [0.4, 0.5) is 5.69 Å². The number of aromatic nitrogens is 3. The Morgan fingerprint density at radius 1 is 1.35 bits per heavy atom. The lowest BCUT2D eigenvalue weighted by atomic mass is 10.2. The highest BCUT2D eigenvalue weighted by molar-refractivity contribution is 6.30. The van der Waals surface area contributed by atoms with Gasteiger partial charge in [-0.25, -0.2) is 4.98 Å².